The Balaban J connectivity index is 2.08. The Morgan fingerprint density at radius 1 is 1.25 bits per heavy atom. The number of hydrogen-bond donors (Lipinski definition) is 0. The molecule has 1 saturated heterocycles. The first kappa shape index (κ1) is 18.3. The number of imide groups is 1. The van der Waals surface area contributed by atoms with Crippen LogP contribution in [0.25, 0.3) is 6.08 Å². The molecule has 0 atom stereocenters. The van der Waals surface area contributed by atoms with E-state index in [0.717, 1.165) is 35.3 Å². The van der Waals surface area contributed by atoms with Gasteiger partial charge in [0.2, 0.25) is 5.91 Å². The molecule has 0 unspecified atom stereocenters. The van der Waals surface area contributed by atoms with E-state index in [0.29, 0.717) is 18.8 Å². The average Bonchev–Trinajstić information content (AvgIpc) is 3.05. The van der Waals surface area contributed by atoms with E-state index >= 15 is 0 Å². The van der Waals surface area contributed by atoms with Crippen molar-refractivity contribution in [1.82, 2.24) is 9.80 Å². The summed E-state index contributed by atoms with van der Waals surface area (Å²) in [4.78, 5) is 39.8. The van der Waals surface area contributed by atoms with Crippen LogP contribution in [0.4, 0.5) is 4.79 Å². The number of thioether (sulfide) groups is 1. The van der Waals surface area contributed by atoms with E-state index < -0.39 is 11.1 Å². The van der Waals surface area contributed by atoms with E-state index in [1.165, 1.54) is 6.08 Å². The van der Waals surface area contributed by atoms with Gasteiger partial charge in [-0.15, -0.1) is 0 Å². The van der Waals surface area contributed by atoms with Crippen molar-refractivity contribution in [3.63, 3.8) is 0 Å². The first-order chi connectivity index (χ1) is 11.5. The Hall–Kier alpha value is -2.02. The summed E-state index contributed by atoms with van der Waals surface area (Å²) in [6.45, 7) is 6.83. The van der Waals surface area contributed by atoms with Crippen molar-refractivity contribution in [3.05, 3.63) is 28.6 Å². The highest BCUT2D eigenvalue weighted by Crippen LogP contribution is 2.32. The van der Waals surface area contributed by atoms with Gasteiger partial charge < -0.3 is 9.32 Å². The molecule has 0 aliphatic carbocycles. The number of carbonyl (C=O) groups excluding carboxylic acids is 3. The molecule has 0 N–H and O–H groups in total. The molecule has 130 valence electrons. The van der Waals surface area contributed by atoms with E-state index in [2.05, 4.69) is 0 Å². The number of nitrogens with zero attached hydrogens (tertiary/aromatic N) is 2. The maximum Gasteiger partial charge on any atom is 0.294 e. The summed E-state index contributed by atoms with van der Waals surface area (Å²) in [5.41, 5.74) is 0. The summed E-state index contributed by atoms with van der Waals surface area (Å²) >= 11 is 0.834. The van der Waals surface area contributed by atoms with E-state index in [4.69, 9.17) is 4.42 Å². The van der Waals surface area contributed by atoms with Crippen LogP contribution in [-0.4, -0.2) is 46.5 Å². The maximum absolute atomic E-state index is 12.4. The summed E-state index contributed by atoms with van der Waals surface area (Å²) in [6.07, 6.45) is 3.22. The van der Waals surface area contributed by atoms with Crippen molar-refractivity contribution in [3.8, 4) is 0 Å². The molecule has 1 fully saturated rings. The minimum absolute atomic E-state index is 0.198. The lowest BCUT2D eigenvalue weighted by Gasteiger charge is -2.23. The summed E-state index contributed by atoms with van der Waals surface area (Å²) in [5.74, 6) is 0.602. The van der Waals surface area contributed by atoms with Crippen molar-refractivity contribution in [1.29, 1.82) is 0 Å². The van der Waals surface area contributed by atoms with Crippen LogP contribution in [0.1, 0.15) is 38.2 Å². The standard InChI is InChI=1S/C17H22N2O4S/c1-4-8-18(9-5-2)15(20)11-19-16(21)14(24-17(19)22)10-13-7-6-12(3)23-13/h6-7,10H,4-5,8-9,11H2,1-3H3/b14-10-. The van der Waals surface area contributed by atoms with Gasteiger partial charge in [-0.05, 0) is 43.7 Å². The van der Waals surface area contributed by atoms with Crippen LogP contribution in [0.3, 0.4) is 0 Å². The third-order valence-electron chi connectivity index (χ3n) is 3.54. The molecular weight excluding hydrogens is 328 g/mol. The van der Waals surface area contributed by atoms with Crippen LogP contribution in [0.5, 0.6) is 0 Å². The summed E-state index contributed by atoms with van der Waals surface area (Å²) in [6, 6.07) is 3.52. The number of amides is 3. The molecule has 0 radical (unpaired) electrons. The highest BCUT2D eigenvalue weighted by atomic mass is 32.2. The Morgan fingerprint density at radius 3 is 2.46 bits per heavy atom. The second-order valence-corrected chi connectivity index (χ2v) is 6.59. The third kappa shape index (κ3) is 4.29. The normalized spacial score (nSPS) is 16.3. The molecule has 3 amide bonds. The summed E-state index contributed by atoms with van der Waals surface area (Å²) in [7, 11) is 0. The number of aryl methyl sites for hydroxylation is 1. The van der Waals surface area contributed by atoms with Gasteiger partial charge in [0.25, 0.3) is 11.1 Å². The van der Waals surface area contributed by atoms with Crippen molar-refractivity contribution >= 4 is 34.9 Å². The molecule has 2 rings (SSSR count). The van der Waals surface area contributed by atoms with Crippen LogP contribution in [-0.2, 0) is 9.59 Å². The Kier molecular flexibility index (Phi) is 6.25. The third-order valence-corrected chi connectivity index (χ3v) is 4.45. The zero-order valence-corrected chi connectivity index (χ0v) is 15.0. The predicted octanol–water partition coefficient (Wildman–Crippen LogP) is 3.27. The topological polar surface area (TPSA) is 70.8 Å². The molecule has 1 aromatic rings. The first-order valence-electron chi connectivity index (χ1n) is 8.05. The van der Waals surface area contributed by atoms with E-state index in [1.54, 1.807) is 24.0 Å². The van der Waals surface area contributed by atoms with Crippen LogP contribution < -0.4 is 0 Å². The Bertz CT molecular complexity index is 659. The number of carbonyl (C=O) groups is 3. The van der Waals surface area contributed by atoms with Gasteiger partial charge in [0.1, 0.15) is 18.1 Å². The van der Waals surface area contributed by atoms with Gasteiger partial charge in [0.15, 0.2) is 0 Å². The van der Waals surface area contributed by atoms with Crippen LogP contribution in [0.2, 0.25) is 0 Å². The molecule has 24 heavy (non-hydrogen) atoms. The lowest BCUT2D eigenvalue weighted by atomic mass is 10.3. The van der Waals surface area contributed by atoms with Gasteiger partial charge in [-0.3, -0.25) is 19.3 Å². The quantitative estimate of drug-likeness (QED) is 0.706. The highest BCUT2D eigenvalue weighted by molar-refractivity contribution is 8.18. The monoisotopic (exact) mass is 350 g/mol. The SMILES string of the molecule is CCCN(CCC)C(=O)CN1C(=O)S/C(=C\c2ccc(C)o2)C1=O. The molecule has 1 aliphatic rings. The minimum atomic E-state index is -0.444. The molecule has 0 bridgehead atoms. The van der Waals surface area contributed by atoms with E-state index in [9.17, 15) is 14.4 Å². The Labute approximate surface area is 145 Å². The molecule has 1 aliphatic heterocycles. The van der Waals surface area contributed by atoms with E-state index in [-0.39, 0.29) is 17.4 Å². The number of rotatable bonds is 7. The van der Waals surface area contributed by atoms with Crippen molar-refractivity contribution in [2.45, 2.75) is 33.6 Å². The molecule has 7 heteroatoms. The lowest BCUT2D eigenvalue weighted by molar-refractivity contribution is -0.135. The maximum atomic E-state index is 12.4. The fourth-order valence-corrected chi connectivity index (χ4v) is 3.25. The van der Waals surface area contributed by atoms with Crippen molar-refractivity contribution < 1.29 is 18.8 Å². The molecule has 6 nitrogen and oxygen atoms in total. The van der Waals surface area contributed by atoms with Gasteiger partial charge in [-0.2, -0.15) is 0 Å². The van der Waals surface area contributed by atoms with Crippen LogP contribution in [0, 0.1) is 6.92 Å². The van der Waals surface area contributed by atoms with Gasteiger partial charge in [-0.1, -0.05) is 13.8 Å². The zero-order chi connectivity index (χ0) is 17.7. The lowest BCUT2D eigenvalue weighted by Crippen LogP contribution is -2.42. The second-order valence-electron chi connectivity index (χ2n) is 5.60. The predicted molar refractivity (Wildman–Crippen MR) is 93.3 cm³/mol. The fraction of sp³-hybridized carbons (Fsp3) is 0.471. The van der Waals surface area contributed by atoms with Crippen molar-refractivity contribution in [2.75, 3.05) is 19.6 Å². The molecule has 0 saturated carbocycles. The van der Waals surface area contributed by atoms with E-state index in [1.807, 2.05) is 13.8 Å². The van der Waals surface area contributed by atoms with Crippen LogP contribution in [0.15, 0.2) is 21.5 Å². The summed E-state index contributed by atoms with van der Waals surface area (Å²) < 4.78 is 5.40. The van der Waals surface area contributed by atoms with Gasteiger partial charge >= 0.3 is 0 Å². The molecule has 0 spiro atoms. The smallest absolute Gasteiger partial charge is 0.294 e. The zero-order valence-electron chi connectivity index (χ0n) is 14.2. The average molecular weight is 350 g/mol. The van der Waals surface area contributed by atoms with Gasteiger partial charge in [0.05, 0.1) is 4.91 Å². The second kappa shape index (κ2) is 8.19. The minimum Gasteiger partial charge on any atom is -0.462 e. The molecule has 0 aromatic carbocycles. The number of hydrogen-bond acceptors (Lipinski definition) is 5. The van der Waals surface area contributed by atoms with Crippen LogP contribution >= 0.6 is 11.8 Å². The van der Waals surface area contributed by atoms with Crippen molar-refractivity contribution in [2.24, 2.45) is 0 Å². The Morgan fingerprint density at radius 2 is 1.92 bits per heavy atom. The largest absolute Gasteiger partial charge is 0.462 e. The number of furan rings is 1. The van der Waals surface area contributed by atoms with Gasteiger partial charge in [-0.25, -0.2) is 0 Å². The molecule has 1 aromatic heterocycles. The fourth-order valence-electron chi connectivity index (χ4n) is 2.43. The highest BCUT2D eigenvalue weighted by Gasteiger charge is 2.37. The molecular formula is C17H22N2O4S. The van der Waals surface area contributed by atoms with Gasteiger partial charge in [0, 0.05) is 19.2 Å². The summed E-state index contributed by atoms with van der Waals surface area (Å²) in [5, 5.41) is -0.421. The first-order valence-corrected chi connectivity index (χ1v) is 8.87. The molecule has 2 heterocycles.